The van der Waals surface area contributed by atoms with Gasteiger partial charge in [-0.15, -0.1) is 6.42 Å². The lowest BCUT2D eigenvalue weighted by atomic mass is 10.1. The zero-order chi connectivity index (χ0) is 19.6. The number of carbonyl (C=O) groups excluding carboxylic acids is 1. The molecule has 2 aromatic rings. The van der Waals surface area contributed by atoms with Crippen LogP contribution in [0.1, 0.15) is 5.56 Å². The first-order valence-electron chi connectivity index (χ1n) is 7.66. The van der Waals surface area contributed by atoms with E-state index in [9.17, 15) is 18.8 Å². The average Bonchev–Trinajstić information content (AvgIpc) is 2.66. The molecule has 2 aromatic carbocycles. The first kappa shape index (κ1) is 20.0. The number of benzene rings is 2. The number of anilines is 1. The minimum Gasteiger partial charge on any atom is -0.481 e. The van der Waals surface area contributed by atoms with E-state index in [1.54, 1.807) is 24.3 Å². The topological polar surface area (TPSA) is 62.1 Å². The second-order valence-electron chi connectivity index (χ2n) is 5.09. The first-order valence-corrected chi connectivity index (χ1v) is 8.54. The van der Waals surface area contributed by atoms with Gasteiger partial charge in [0.25, 0.3) is 11.7 Å². The predicted molar refractivity (Wildman–Crippen MR) is 101 cm³/mol. The largest absolute Gasteiger partial charge is 0.481 e. The molecule has 0 bridgehead atoms. The summed E-state index contributed by atoms with van der Waals surface area (Å²) in [5, 5.41) is 11.8. The Bertz CT molecular complexity index is 896. The third-order valence-electron chi connectivity index (χ3n) is 3.22. The van der Waals surface area contributed by atoms with E-state index >= 15 is 0 Å². The summed E-state index contributed by atoms with van der Waals surface area (Å²) in [7, 11) is 0. The number of rotatable bonds is 7. The number of ether oxygens (including phenoxy) is 1. The maximum absolute atomic E-state index is 12.3. The third-order valence-corrected chi connectivity index (χ3v) is 3.94. The van der Waals surface area contributed by atoms with Crippen molar-refractivity contribution in [2.24, 2.45) is 0 Å². The fourth-order valence-corrected chi connectivity index (χ4v) is 2.52. The van der Waals surface area contributed by atoms with E-state index in [1.165, 1.54) is 30.3 Å². The van der Waals surface area contributed by atoms with Crippen molar-refractivity contribution in [2.75, 3.05) is 11.9 Å². The van der Waals surface area contributed by atoms with Gasteiger partial charge in [-0.05, 0) is 48.0 Å². The maximum Gasteiger partial charge on any atom is 0.288 e. The molecule has 0 unspecified atom stereocenters. The van der Waals surface area contributed by atoms with Crippen molar-refractivity contribution < 1.29 is 18.3 Å². The van der Waals surface area contributed by atoms with Gasteiger partial charge in [-0.2, -0.15) is 14.0 Å². The second kappa shape index (κ2) is 10.0. The molecule has 27 heavy (non-hydrogen) atoms. The van der Waals surface area contributed by atoms with Crippen LogP contribution in [0.3, 0.4) is 0 Å². The third kappa shape index (κ3) is 6.50. The molecule has 0 aliphatic rings. The van der Waals surface area contributed by atoms with E-state index in [1.807, 2.05) is 6.07 Å². The van der Waals surface area contributed by atoms with Crippen LogP contribution < -0.4 is 10.1 Å². The summed E-state index contributed by atoms with van der Waals surface area (Å²) in [6.45, 7) is 0.148. The fourth-order valence-electron chi connectivity index (χ4n) is 2.02. The molecule has 0 atom stereocenters. The molecule has 1 amide bonds. The zero-order valence-electron chi connectivity index (χ0n) is 14.0. The van der Waals surface area contributed by atoms with Gasteiger partial charge in [0, 0.05) is 10.6 Å². The molecule has 0 aliphatic carbocycles. The Hall–Kier alpha value is -3.29. The molecule has 0 heterocycles. The molecule has 0 fully saturated rings. The number of amides is 1. The monoisotopic (exact) mass is 384 g/mol. The maximum atomic E-state index is 12.3. The van der Waals surface area contributed by atoms with E-state index in [0.717, 1.165) is 0 Å². The average molecular weight is 384 g/mol. The highest BCUT2D eigenvalue weighted by Crippen LogP contribution is 2.26. The lowest BCUT2D eigenvalue weighted by Gasteiger charge is -2.06. The number of hydrogen-bond donors (Lipinski definition) is 1. The van der Waals surface area contributed by atoms with Gasteiger partial charge in [-0.1, -0.05) is 29.8 Å². The van der Waals surface area contributed by atoms with E-state index < -0.39 is 11.7 Å². The Morgan fingerprint density at radius 1 is 1.22 bits per heavy atom. The SMILES string of the molecule is C#CCOc1ccc(/C=C(/C#N)C(=O)Nc2ccc(SC(F)F)cc2)cc1. The van der Waals surface area contributed by atoms with Crippen LogP contribution in [0.15, 0.2) is 59.0 Å². The number of alkyl halides is 2. The number of nitriles is 1. The summed E-state index contributed by atoms with van der Waals surface area (Å²) in [6, 6.07) is 14.5. The van der Waals surface area contributed by atoms with Crippen molar-refractivity contribution in [1.82, 2.24) is 0 Å². The lowest BCUT2D eigenvalue weighted by Crippen LogP contribution is -2.13. The fraction of sp³-hybridized carbons (Fsp3) is 0.100. The number of halogens is 2. The van der Waals surface area contributed by atoms with Crippen molar-refractivity contribution in [1.29, 1.82) is 5.26 Å². The van der Waals surface area contributed by atoms with Crippen LogP contribution >= 0.6 is 11.8 Å². The minimum atomic E-state index is -2.51. The molecule has 0 spiro atoms. The van der Waals surface area contributed by atoms with Gasteiger partial charge >= 0.3 is 0 Å². The van der Waals surface area contributed by atoms with Crippen LogP contribution in [0.2, 0.25) is 0 Å². The van der Waals surface area contributed by atoms with Crippen LogP contribution in [-0.2, 0) is 4.79 Å². The highest BCUT2D eigenvalue weighted by atomic mass is 32.2. The molecular weight excluding hydrogens is 370 g/mol. The van der Waals surface area contributed by atoms with E-state index in [2.05, 4.69) is 11.2 Å². The van der Waals surface area contributed by atoms with Crippen LogP contribution in [0, 0.1) is 23.7 Å². The van der Waals surface area contributed by atoms with Gasteiger partial charge in [0.1, 0.15) is 24.0 Å². The van der Waals surface area contributed by atoms with Crippen molar-refractivity contribution >= 4 is 29.4 Å². The summed E-state index contributed by atoms with van der Waals surface area (Å²) in [6.07, 6.45) is 6.55. The Morgan fingerprint density at radius 2 is 1.89 bits per heavy atom. The number of nitrogens with zero attached hydrogens (tertiary/aromatic N) is 1. The molecule has 0 radical (unpaired) electrons. The van der Waals surface area contributed by atoms with Crippen molar-refractivity contribution in [2.45, 2.75) is 10.7 Å². The summed E-state index contributed by atoms with van der Waals surface area (Å²) in [5.74, 6) is -0.177. The molecule has 7 heteroatoms. The Labute approximate surface area is 159 Å². The standard InChI is InChI=1S/C20H14F2N2O2S/c1-2-11-26-17-7-3-14(4-8-17)12-15(13-23)19(25)24-16-5-9-18(10-6-16)27-20(21)22/h1,3-10,12,20H,11H2,(H,24,25)/b15-12-. The predicted octanol–water partition coefficient (Wildman–Crippen LogP) is 4.56. The van der Waals surface area contributed by atoms with Crippen molar-refractivity contribution in [3.63, 3.8) is 0 Å². The highest BCUT2D eigenvalue weighted by Gasteiger charge is 2.10. The van der Waals surface area contributed by atoms with Crippen LogP contribution in [0.25, 0.3) is 6.08 Å². The molecule has 0 aliphatic heterocycles. The molecular formula is C20H14F2N2O2S. The van der Waals surface area contributed by atoms with Crippen LogP contribution in [-0.4, -0.2) is 18.3 Å². The van der Waals surface area contributed by atoms with E-state index in [0.29, 0.717) is 33.7 Å². The van der Waals surface area contributed by atoms with Crippen molar-refractivity contribution in [3.8, 4) is 24.2 Å². The van der Waals surface area contributed by atoms with Gasteiger partial charge in [0.2, 0.25) is 0 Å². The number of nitrogens with one attached hydrogen (secondary N) is 1. The minimum absolute atomic E-state index is 0.0988. The number of hydrogen-bond acceptors (Lipinski definition) is 4. The quantitative estimate of drug-likeness (QED) is 0.329. The molecule has 0 saturated heterocycles. The van der Waals surface area contributed by atoms with Crippen molar-refractivity contribution in [3.05, 3.63) is 59.7 Å². The summed E-state index contributed by atoms with van der Waals surface area (Å²) >= 11 is 0.414. The first-order chi connectivity index (χ1) is 13.0. The molecule has 4 nitrogen and oxygen atoms in total. The molecule has 0 aromatic heterocycles. The zero-order valence-corrected chi connectivity index (χ0v) is 14.8. The Morgan fingerprint density at radius 3 is 2.44 bits per heavy atom. The van der Waals surface area contributed by atoms with Crippen LogP contribution in [0.5, 0.6) is 5.75 Å². The Kier molecular flexibility index (Phi) is 7.42. The molecule has 2 rings (SSSR count). The summed E-state index contributed by atoms with van der Waals surface area (Å²) < 4.78 is 29.9. The van der Waals surface area contributed by atoms with Gasteiger partial charge < -0.3 is 10.1 Å². The van der Waals surface area contributed by atoms with Gasteiger partial charge in [0.05, 0.1) is 0 Å². The Balaban J connectivity index is 2.05. The van der Waals surface area contributed by atoms with Gasteiger partial charge in [-0.3, -0.25) is 4.79 Å². The van der Waals surface area contributed by atoms with Gasteiger partial charge in [-0.25, -0.2) is 0 Å². The number of terminal acetylenes is 1. The molecule has 0 saturated carbocycles. The van der Waals surface area contributed by atoms with Crippen LogP contribution in [0.4, 0.5) is 14.5 Å². The normalized spacial score (nSPS) is 10.8. The van der Waals surface area contributed by atoms with E-state index in [4.69, 9.17) is 11.2 Å². The molecule has 1 N–H and O–H groups in total. The number of thioether (sulfide) groups is 1. The lowest BCUT2D eigenvalue weighted by molar-refractivity contribution is -0.112. The number of carbonyl (C=O) groups is 1. The van der Waals surface area contributed by atoms with E-state index in [-0.39, 0.29) is 12.2 Å². The van der Waals surface area contributed by atoms with Gasteiger partial charge in [0.15, 0.2) is 0 Å². The second-order valence-corrected chi connectivity index (χ2v) is 6.15. The smallest absolute Gasteiger partial charge is 0.288 e. The highest BCUT2D eigenvalue weighted by molar-refractivity contribution is 7.99. The summed E-state index contributed by atoms with van der Waals surface area (Å²) in [4.78, 5) is 12.6. The molecule has 136 valence electrons. The summed E-state index contributed by atoms with van der Waals surface area (Å²) in [5.41, 5.74) is 0.939.